The van der Waals surface area contributed by atoms with Gasteiger partial charge < -0.3 is 10.1 Å². The van der Waals surface area contributed by atoms with E-state index in [1.807, 2.05) is 6.92 Å². The van der Waals surface area contributed by atoms with Crippen molar-refractivity contribution in [3.8, 4) is 17.1 Å². The molecule has 168 valence electrons. The van der Waals surface area contributed by atoms with Crippen molar-refractivity contribution >= 4 is 5.91 Å². The summed E-state index contributed by atoms with van der Waals surface area (Å²) in [5.41, 5.74) is 0.953. The Labute approximate surface area is 182 Å². The largest absolute Gasteiger partial charge is 0.478 e. The van der Waals surface area contributed by atoms with E-state index in [1.165, 1.54) is 12.3 Å². The Kier molecular flexibility index (Phi) is 6.11. The lowest BCUT2D eigenvalue weighted by Gasteiger charge is -2.17. The number of aromatic nitrogens is 4. The second-order valence-electron chi connectivity index (χ2n) is 7.44. The van der Waals surface area contributed by atoms with Crippen LogP contribution in [0.2, 0.25) is 0 Å². The van der Waals surface area contributed by atoms with Gasteiger partial charge in [-0.3, -0.25) is 14.5 Å². The first-order valence-electron chi connectivity index (χ1n) is 10.4. The van der Waals surface area contributed by atoms with E-state index in [0.29, 0.717) is 42.3 Å². The molecule has 32 heavy (non-hydrogen) atoms. The Morgan fingerprint density at radius 1 is 1.19 bits per heavy atom. The van der Waals surface area contributed by atoms with Crippen molar-refractivity contribution in [3.05, 3.63) is 59.7 Å². The van der Waals surface area contributed by atoms with Crippen LogP contribution in [0.4, 0.5) is 13.2 Å². The molecular weight excluding hydrogens is 423 g/mol. The standard InChI is InChI=1S/C22H22F3N5O2/c1-2-32-20-12-15(7-9-27-20)21(31)28-16-5-3-4-10-30-18(16)13-17(29-30)14-6-8-26-19(11-14)22(23,24)25/h6-9,11-13,16H,2-5,10H2,1H3,(H,28,31)/t16-/m0/s1. The lowest BCUT2D eigenvalue weighted by molar-refractivity contribution is -0.141. The summed E-state index contributed by atoms with van der Waals surface area (Å²) < 4.78 is 46.3. The van der Waals surface area contributed by atoms with E-state index in [4.69, 9.17) is 4.74 Å². The number of nitrogens with one attached hydrogen (secondary N) is 1. The van der Waals surface area contributed by atoms with E-state index in [0.717, 1.165) is 30.8 Å². The Morgan fingerprint density at radius 3 is 2.78 bits per heavy atom. The maximum absolute atomic E-state index is 13.1. The first-order chi connectivity index (χ1) is 15.3. The third-order valence-corrected chi connectivity index (χ3v) is 5.22. The summed E-state index contributed by atoms with van der Waals surface area (Å²) >= 11 is 0. The average Bonchev–Trinajstić information content (AvgIpc) is 3.11. The molecule has 3 aromatic rings. The van der Waals surface area contributed by atoms with Crippen molar-refractivity contribution in [2.45, 2.75) is 44.9 Å². The molecule has 4 rings (SSSR count). The Morgan fingerprint density at radius 2 is 2.00 bits per heavy atom. The molecule has 0 saturated heterocycles. The van der Waals surface area contributed by atoms with Gasteiger partial charge in [0.05, 0.1) is 24.0 Å². The summed E-state index contributed by atoms with van der Waals surface area (Å²) in [6.45, 7) is 2.90. The second kappa shape index (κ2) is 8.97. The van der Waals surface area contributed by atoms with Crippen molar-refractivity contribution in [2.75, 3.05) is 6.61 Å². The molecule has 10 heteroatoms. The maximum atomic E-state index is 13.1. The van der Waals surface area contributed by atoms with Crippen LogP contribution in [0.25, 0.3) is 11.3 Å². The highest BCUT2D eigenvalue weighted by Gasteiger charge is 2.33. The van der Waals surface area contributed by atoms with Crippen LogP contribution >= 0.6 is 0 Å². The van der Waals surface area contributed by atoms with Gasteiger partial charge in [-0.2, -0.15) is 18.3 Å². The van der Waals surface area contributed by atoms with Gasteiger partial charge in [0.1, 0.15) is 5.69 Å². The summed E-state index contributed by atoms with van der Waals surface area (Å²) in [4.78, 5) is 20.3. The molecule has 0 unspecified atom stereocenters. The van der Waals surface area contributed by atoms with Crippen molar-refractivity contribution < 1.29 is 22.7 Å². The number of rotatable bonds is 5. The van der Waals surface area contributed by atoms with Gasteiger partial charge in [0, 0.05) is 36.1 Å². The van der Waals surface area contributed by atoms with Gasteiger partial charge >= 0.3 is 6.18 Å². The maximum Gasteiger partial charge on any atom is 0.433 e. The van der Waals surface area contributed by atoms with E-state index in [1.54, 1.807) is 22.9 Å². The van der Waals surface area contributed by atoms with Gasteiger partial charge in [0.25, 0.3) is 5.91 Å². The normalized spacial score (nSPS) is 16.2. The van der Waals surface area contributed by atoms with E-state index in [-0.39, 0.29) is 11.9 Å². The zero-order chi connectivity index (χ0) is 22.7. The molecule has 0 aromatic carbocycles. The zero-order valence-electron chi connectivity index (χ0n) is 17.4. The predicted octanol–water partition coefficient (Wildman–Crippen LogP) is 4.41. The molecule has 3 aromatic heterocycles. The van der Waals surface area contributed by atoms with Gasteiger partial charge in [-0.15, -0.1) is 0 Å². The minimum atomic E-state index is -4.53. The molecule has 0 spiro atoms. The fourth-order valence-electron chi connectivity index (χ4n) is 3.70. The first kappa shape index (κ1) is 21.8. The summed E-state index contributed by atoms with van der Waals surface area (Å²) in [6.07, 6.45) is 0.545. The number of ether oxygens (including phenoxy) is 1. The van der Waals surface area contributed by atoms with Gasteiger partial charge in [0.2, 0.25) is 5.88 Å². The highest BCUT2D eigenvalue weighted by molar-refractivity contribution is 5.94. The number of amides is 1. The minimum Gasteiger partial charge on any atom is -0.478 e. The number of pyridine rings is 2. The smallest absolute Gasteiger partial charge is 0.433 e. The predicted molar refractivity (Wildman–Crippen MR) is 110 cm³/mol. The molecular formula is C22H22F3N5O2. The van der Waals surface area contributed by atoms with Gasteiger partial charge in [0.15, 0.2) is 0 Å². The van der Waals surface area contributed by atoms with Gasteiger partial charge in [-0.05, 0) is 50.5 Å². The van der Waals surface area contributed by atoms with Crippen LogP contribution in [-0.2, 0) is 12.7 Å². The molecule has 1 N–H and O–H groups in total. The molecule has 1 aliphatic heterocycles. The second-order valence-corrected chi connectivity index (χ2v) is 7.44. The molecule has 0 fully saturated rings. The Hall–Kier alpha value is -3.43. The number of aryl methyl sites for hydroxylation is 1. The summed E-state index contributed by atoms with van der Waals surface area (Å²) in [5, 5.41) is 7.54. The van der Waals surface area contributed by atoms with Crippen LogP contribution in [0, 0.1) is 0 Å². The topological polar surface area (TPSA) is 81.9 Å². The van der Waals surface area contributed by atoms with E-state index < -0.39 is 11.9 Å². The molecule has 4 heterocycles. The van der Waals surface area contributed by atoms with Crippen LogP contribution in [0.3, 0.4) is 0 Å². The van der Waals surface area contributed by atoms with Crippen LogP contribution in [-0.4, -0.2) is 32.3 Å². The van der Waals surface area contributed by atoms with E-state index in [2.05, 4.69) is 20.4 Å². The zero-order valence-corrected chi connectivity index (χ0v) is 17.4. The fourth-order valence-corrected chi connectivity index (χ4v) is 3.70. The molecule has 0 bridgehead atoms. The average molecular weight is 445 g/mol. The van der Waals surface area contributed by atoms with E-state index >= 15 is 0 Å². The Balaban J connectivity index is 1.60. The number of carbonyl (C=O) groups excluding carboxylic acids is 1. The van der Waals surface area contributed by atoms with Gasteiger partial charge in [-0.25, -0.2) is 4.98 Å². The molecule has 0 saturated carbocycles. The highest BCUT2D eigenvalue weighted by Crippen LogP contribution is 2.32. The summed E-state index contributed by atoms with van der Waals surface area (Å²) in [7, 11) is 0. The summed E-state index contributed by atoms with van der Waals surface area (Å²) in [6, 6.07) is 7.09. The number of alkyl halides is 3. The highest BCUT2D eigenvalue weighted by atomic mass is 19.4. The first-order valence-corrected chi connectivity index (χ1v) is 10.4. The number of hydrogen-bond acceptors (Lipinski definition) is 5. The Bertz CT molecular complexity index is 1110. The van der Waals surface area contributed by atoms with Crippen molar-refractivity contribution in [1.82, 2.24) is 25.1 Å². The number of hydrogen-bond donors (Lipinski definition) is 1. The van der Waals surface area contributed by atoms with Crippen molar-refractivity contribution in [2.24, 2.45) is 0 Å². The SMILES string of the molecule is CCOc1cc(C(=O)N[C@H]2CCCCn3nc(-c4ccnc(C(F)(F)F)c4)cc32)ccn1. The third kappa shape index (κ3) is 4.74. The molecule has 7 nitrogen and oxygen atoms in total. The number of carbonyl (C=O) groups is 1. The molecule has 1 amide bonds. The summed E-state index contributed by atoms with van der Waals surface area (Å²) in [5.74, 6) is 0.0873. The van der Waals surface area contributed by atoms with Crippen molar-refractivity contribution in [3.63, 3.8) is 0 Å². The number of fused-ring (bicyclic) bond motifs is 1. The van der Waals surface area contributed by atoms with Crippen LogP contribution in [0.1, 0.15) is 54.0 Å². The van der Waals surface area contributed by atoms with Crippen LogP contribution in [0.5, 0.6) is 5.88 Å². The molecule has 1 atom stereocenters. The number of nitrogens with zero attached hydrogens (tertiary/aromatic N) is 4. The van der Waals surface area contributed by atoms with Crippen LogP contribution < -0.4 is 10.1 Å². The fraction of sp³-hybridized carbons (Fsp3) is 0.364. The van der Waals surface area contributed by atoms with Crippen LogP contribution in [0.15, 0.2) is 42.7 Å². The van der Waals surface area contributed by atoms with Crippen molar-refractivity contribution in [1.29, 1.82) is 0 Å². The monoisotopic (exact) mass is 445 g/mol. The lowest BCUT2D eigenvalue weighted by Crippen LogP contribution is -2.29. The molecule has 0 aliphatic carbocycles. The molecule has 0 radical (unpaired) electrons. The quantitative estimate of drug-likeness (QED) is 0.629. The minimum absolute atomic E-state index is 0.280. The number of halogens is 3. The lowest BCUT2D eigenvalue weighted by atomic mass is 10.1. The van der Waals surface area contributed by atoms with E-state index in [9.17, 15) is 18.0 Å². The van der Waals surface area contributed by atoms with Gasteiger partial charge in [-0.1, -0.05) is 0 Å². The molecule has 1 aliphatic rings. The third-order valence-electron chi connectivity index (χ3n) is 5.22.